The van der Waals surface area contributed by atoms with Crippen molar-refractivity contribution in [1.29, 1.82) is 0 Å². The highest BCUT2D eigenvalue weighted by Crippen LogP contribution is 2.34. The van der Waals surface area contributed by atoms with Gasteiger partial charge >= 0.3 is 5.97 Å². The molecule has 2 aromatic rings. The van der Waals surface area contributed by atoms with E-state index in [1.54, 1.807) is 31.2 Å². The third-order valence-electron chi connectivity index (χ3n) is 5.65. The fraction of sp³-hybridized carbons (Fsp3) is 0.391. The molecule has 0 radical (unpaired) electrons. The molecule has 1 atom stereocenters. The summed E-state index contributed by atoms with van der Waals surface area (Å²) in [6.07, 6.45) is 1.53. The average Bonchev–Trinajstić information content (AvgIpc) is 3.27. The number of nitrogens with one attached hydrogen (secondary N) is 1. The summed E-state index contributed by atoms with van der Waals surface area (Å²) < 4.78 is 43.5. The lowest BCUT2D eigenvalue weighted by atomic mass is 10.1. The molecule has 4 rings (SSSR count). The Hall–Kier alpha value is -3.11. The largest absolute Gasteiger partial charge is 0.454 e. The summed E-state index contributed by atoms with van der Waals surface area (Å²) >= 11 is 0. The molecule has 0 aliphatic carbocycles. The number of hydrogen-bond donors (Lipinski definition) is 1. The van der Waals surface area contributed by atoms with Crippen LogP contribution in [-0.4, -0.2) is 50.6 Å². The molecule has 0 saturated carbocycles. The molecule has 2 aliphatic heterocycles. The number of carbonyl (C=O) groups is 2. The first-order valence-corrected chi connectivity index (χ1v) is 12.2. The van der Waals surface area contributed by atoms with E-state index in [9.17, 15) is 18.0 Å². The number of carbonyl (C=O) groups excluding carboxylic acids is 2. The third kappa shape index (κ3) is 4.96. The van der Waals surface area contributed by atoms with Crippen LogP contribution in [0.3, 0.4) is 0 Å². The molecule has 2 aliphatic rings. The van der Waals surface area contributed by atoms with Crippen LogP contribution < -0.4 is 14.8 Å². The van der Waals surface area contributed by atoms with E-state index in [2.05, 4.69) is 5.32 Å². The van der Waals surface area contributed by atoms with Gasteiger partial charge in [0.05, 0.1) is 10.5 Å². The zero-order chi connectivity index (χ0) is 23.6. The van der Waals surface area contributed by atoms with Gasteiger partial charge in [-0.3, -0.25) is 4.79 Å². The normalized spacial score (nSPS) is 16.8. The summed E-state index contributed by atoms with van der Waals surface area (Å²) in [5.74, 6) is -0.212. The second-order valence-corrected chi connectivity index (χ2v) is 9.96. The number of aryl methyl sites for hydroxylation is 1. The van der Waals surface area contributed by atoms with E-state index < -0.39 is 28.0 Å². The molecular weight excluding hydrogens is 448 g/mol. The highest BCUT2D eigenvalue weighted by molar-refractivity contribution is 7.89. The number of ether oxygens (including phenoxy) is 3. The minimum atomic E-state index is -3.72. The van der Waals surface area contributed by atoms with Gasteiger partial charge in [0.25, 0.3) is 5.91 Å². The van der Waals surface area contributed by atoms with Crippen molar-refractivity contribution in [3.05, 3.63) is 47.5 Å². The second kappa shape index (κ2) is 9.40. The number of sulfonamides is 1. The Balaban J connectivity index is 1.44. The first kappa shape index (κ1) is 23.1. The lowest BCUT2D eigenvalue weighted by Crippen LogP contribution is -2.36. The first-order valence-electron chi connectivity index (χ1n) is 10.8. The quantitative estimate of drug-likeness (QED) is 0.641. The van der Waals surface area contributed by atoms with Gasteiger partial charge in [0, 0.05) is 24.8 Å². The van der Waals surface area contributed by atoms with Crippen LogP contribution in [0.25, 0.3) is 0 Å². The number of amides is 1. The molecule has 176 valence electrons. The molecule has 1 amide bonds. The smallest absolute Gasteiger partial charge is 0.338 e. The number of hydrogen-bond acceptors (Lipinski definition) is 7. The van der Waals surface area contributed by atoms with Crippen LogP contribution >= 0.6 is 0 Å². The number of fused-ring (bicyclic) bond motifs is 1. The maximum Gasteiger partial charge on any atom is 0.338 e. The summed E-state index contributed by atoms with van der Waals surface area (Å²) in [7, 11) is -3.72. The minimum absolute atomic E-state index is 0.0684. The number of esters is 1. The Labute approximate surface area is 192 Å². The van der Waals surface area contributed by atoms with Gasteiger partial charge in [-0.15, -0.1) is 0 Å². The molecule has 0 bridgehead atoms. The fourth-order valence-electron chi connectivity index (χ4n) is 3.75. The highest BCUT2D eigenvalue weighted by Gasteiger charge is 2.29. The van der Waals surface area contributed by atoms with Crippen LogP contribution in [0.1, 0.15) is 42.1 Å². The molecule has 0 aromatic heterocycles. The van der Waals surface area contributed by atoms with E-state index in [-0.39, 0.29) is 17.3 Å². The number of anilines is 1. The number of piperidine rings is 1. The zero-order valence-corrected chi connectivity index (χ0v) is 19.3. The fourth-order valence-corrected chi connectivity index (χ4v) is 5.52. The van der Waals surface area contributed by atoms with Crippen molar-refractivity contribution in [2.45, 2.75) is 44.1 Å². The van der Waals surface area contributed by atoms with Crippen LogP contribution in [0.5, 0.6) is 11.5 Å². The molecule has 1 saturated heterocycles. The maximum atomic E-state index is 13.1. The van der Waals surface area contributed by atoms with Gasteiger partial charge in [-0.05, 0) is 56.5 Å². The first-order chi connectivity index (χ1) is 15.8. The third-order valence-corrected chi connectivity index (χ3v) is 7.69. The summed E-state index contributed by atoms with van der Waals surface area (Å²) in [6.45, 7) is 4.18. The summed E-state index contributed by atoms with van der Waals surface area (Å²) in [6, 6.07) is 9.33. The monoisotopic (exact) mass is 474 g/mol. The van der Waals surface area contributed by atoms with Gasteiger partial charge in [-0.2, -0.15) is 4.31 Å². The number of nitrogens with zero attached hydrogens (tertiary/aromatic N) is 1. The van der Waals surface area contributed by atoms with Crippen LogP contribution in [-0.2, 0) is 19.6 Å². The van der Waals surface area contributed by atoms with E-state index in [1.165, 1.54) is 23.4 Å². The van der Waals surface area contributed by atoms with Crippen molar-refractivity contribution >= 4 is 27.6 Å². The van der Waals surface area contributed by atoms with E-state index in [1.807, 2.05) is 0 Å². The predicted molar refractivity (Wildman–Crippen MR) is 120 cm³/mol. The topological polar surface area (TPSA) is 111 Å². The molecule has 1 N–H and O–H groups in total. The Morgan fingerprint density at radius 1 is 1.03 bits per heavy atom. The van der Waals surface area contributed by atoms with E-state index in [0.717, 1.165) is 19.3 Å². The molecule has 10 heteroatoms. The van der Waals surface area contributed by atoms with Gasteiger partial charge in [-0.1, -0.05) is 12.5 Å². The highest BCUT2D eigenvalue weighted by atomic mass is 32.2. The van der Waals surface area contributed by atoms with Gasteiger partial charge in [0.15, 0.2) is 17.6 Å². The van der Waals surface area contributed by atoms with Crippen molar-refractivity contribution in [1.82, 2.24) is 4.31 Å². The maximum absolute atomic E-state index is 13.1. The molecule has 9 nitrogen and oxygen atoms in total. The standard InChI is InChI=1S/C23H26N2O7S/c1-15-6-7-17(12-21(15)33(28,29)25-10-4-3-5-11-25)23(27)32-16(2)22(26)24-18-8-9-19-20(13-18)31-14-30-19/h6-9,12-13,16H,3-5,10-11,14H2,1-2H3,(H,24,26). The minimum Gasteiger partial charge on any atom is -0.454 e. The number of rotatable bonds is 6. The molecule has 1 fully saturated rings. The Kier molecular flexibility index (Phi) is 6.57. The summed E-state index contributed by atoms with van der Waals surface area (Å²) in [4.78, 5) is 25.3. The van der Waals surface area contributed by atoms with Crippen LogP contribution in [0.15, 0.2) is 41.3 Å². The van der Waals surface area contributed by atoms with Crippen molar-refractivity contribution in [2.24, 2.45) is 0 Å². The molecular formula is C23H26N2O7S. The van der Waals surface area contributed by atoms with E-state index >= 15 is 0 Å². The Morgan fingerprint density at radius 2 is 1.76 bits per heavy atom. The average molecular weight is 475 g/mol. The predicted octanol–water partition coefficient (Wildman–Crippen LogP) is 3.08. The van der Waals surface area contributed by atoms with Gasteiger partial charge in [-0.25, -0.2) is 13.2 Å². The van der Waals surface area contributed by atoms with Crippen LogP contribution in [0.4, 0.5) is 5.69 Å². The summed E-state index contributed by atoms with van der Waals surface area (Å²) in [5, 5.41) is 2.66. The van der Waals surface area contributed by atoms with Crippen molar-refractivity contribution in [2.75, 3.05) is 25.2 Å². The molecule has 1 unspecified atom stereocenters. The second-order valence-electron chi connectivity index (χ2n) is 8.05. The van der Waals surface area contributed by atoms with Crippen molar-refractivity contribution in [3.63, 3.8) is 0 Å². The molecule has 0 spiro atoms. The van der Waals surface area contributed by atoms with E-state index in [4.69, 9.17) is 14.2 Å². The molecule has 33 heavy (non-hydrogen) atoms. The summed E-state index contributed by atoms with van der Waals surface area (Å²) in [5.41, 5.74) is 1.09. The Morgan fingerprint density at radius 3 is 2.52 bits per heavy atom. The van der Waals surface area contributed by atoms with E-state index in [0.29, 0.717) is 35.8 Å². The van der Waals surface area contributed by atoms with Crippen molar-refractivity contribution in [3.8, 4) is 11.5 Å². The lowest BCUT2D eigenvalue weighted by Gasteiger charge is -2.26. The van der Waals surface area contributed by atoms with Gasteiger partial charge < -0.3 is 19.5 Å². The van der Waals surface area contributed by atoms with Gasteiger partial charge in [0.2, 0.25) is 16.8 Å². The van der Waals surface area contributed by atoms with Crippen LogP contribution in [0, 0.1) is 6.92 Å². The lowest BCUT2D eigenvalue weighted by molar-refractivity contribution is -0.123. The Bertz CT molecular complexity index is 1170. The van der Waals surface area contributed by atoms with Gasteiger partial charge in [0.1, 0.15) is 0 Å². The number of benzene rings is 2. The zero-order valence-electron chi connectivity index (χ0n) is 18.5. The van der Waals surface area contributed by atoms with Crippen molar-refractivity contribution < 1.29 is 32.2 Å². The molecule has 2 heterocycles. The molecule has 2 aromatic carbocycles. The SMILES string of the molecule is Cc1ccc(C(=O)OC(C)C(=O)Nc2ccc3c(c2)OCO3)cc1S(=O)(=O)N1CCCCC1. The van der Waals surface area contributed by atoms with Crippen LogP contribution in [0.2, 0.25) is 0 Å².